The zero-order chi connectivity index (χ0) is 18.3. The van der Waals surface area contributed by atoms with Gasteiger partial charge in [-0.05, 0) is 25.1 Å². The number of hydrogen-bond acceptors (Lipinski definition) is 6. The second-order valence-electron chi connectivity index (χ2n) is 5.71. The van der Waals surface area contributed by atoms with Crippen molar-refractivity contribution in [3.8, 4) is 22.8 Å². The summed E-state index contributed by atoms with van der Waals surface area (Å²) in [5, 5.41) is 8.44. The van der Waals surface area contributed by atoms with Crippen LogP contribution >= 0.6 is 0 Å². The molecule has 0 atom stereocenters. The number of imidazole rings is 1. The van der Waals surface area contributed by atoms with Gasteiger partial charge < -0.3 is 4.74 Å². The van der Waals surface area contributed by atoms with Gasteiger partial charge in [-0.3, -0.25) is 13.8 Å². The van der Waals surface area contributed by atoms with Gasteiger partial charge in [0, 0.05) is 26.5 Å². The first kappa shape index (κ1) is 16.0. The summed E-state index contributed by atoms with van der Waals surface area (Å²) in [6, 6.07) is 5.69. The molecule has 0 spiro atoms. The molecule has 4 heterocycles. The highest BCUT2D eigenvalue weighted by Crippen LogP contribution is 2.27. The highest BCUT2D eigenvalue weighted by Gasteiger charge is 2.21. The molecule has 0 aliphatic rings. The van der Waals surface area contributed by atoms with E-state index in [1.165, 1.54) is 0 Å². The van der Waals surface area contributed by atoms with Crippen LogP contribution in [-0.2, 0) is 18.8 Å². The molecule has 132 valence electrons. The van der Waals surface area contributed by atoms with Crippen molar-refractivity contribution in [3.05, 3.63) is 42.6 Å². The van der Waals surface area contributed by atoms with Crippen LogP contribution in [0.2, 0.25) is 0 Å². The van der Waals surface area contributed by atoms with Crippen LogP contribution in [0.25, 0.3) is 28.4 Å². The van der Waals surface area contributed by atoms with Gasteiger partial charge in [-0.1, -0.05) is 0 Å². The van der Waals surface area contributed by atoms with Crippen molar-refractivity contribution in [2.24, 2.45) is 14.1 Å². The van der Waals surface area contributed by atoms with Gasteiger partial charge >= 0.3 is 5.97 Å². The first-order valence-electron chi connectivity index (χ1n) is 8.12. The number of aryl methyl sites for hydroxylation is 2. The Labute approximate surface area is 148 Å². The van der Waals surface area contributed by atoms with Crippen molar-refractivity contribution in [1.29, 1.82) is 0 Å². The second-order valence-corrected chi connectivity index (χ2v) is 5.71. The van der Waals surface area contributed by atoms with Gasteiger partial charge in [-0.25, -0.2) is 14.8 Å². The molecule has 0 amide bonds. The summed E-state index contributed by atoms with van der Waals surface area (Å²) >= 11 is 0. The van der Waals surface area contributed by atoms with E-state index in [1.807, 2.05) is 32.3 Å². The molecule has 0 bridgehead atoms. The molecular formula is C17H17N7O2. The molecule has 26 heavy (non-hydrogen) atoms. The van der Waals surface area contributed by atoms with Crippen LogP contribution in [0, 0.1) is 0 Å². The van der Waals surface area contributed by atoms with E-state index in [0.717, 1.165) is 17.1 Å². The predicted octanol–water partition coefficient (Wildman–Crippen LogP) is 1.71. The fraction of sp³-hybridized carbons (Fsp3) is 0.235. The van der Waals surface area contributed by atoms with Crippen LogP contribution in [0.15, 0.2) is 36.9 Å². The molecule has 9 nitrogen and oxygen atoms in total. The SMILES string of the molecule is CCOC(=O)c1ncn2c(-c3ccnn3C)cc(-c3ccnn3C)nc12. The van der Waals surface area contributed by atoms with E-state index in [1.54, 1.807) is 39.4 Å². The molecule has 0 radical (unpaired) electrons. The number of carbonyl (C=O) groups excluding carboxylic acids is 1. The number of carbonyl (C=O) groups is 1. The lowest BCUT2D eigenvalue weighted by Crippen LogP contribution is -2.08. The molecule has 4 aromatic heterocycles. The third kappa shape index (κ3) is 2.44. The van der Waals surface area contributed by atoms with Gasteiger partial charge in [0.05, 0.1) is 29.4 Å². The molecule has 0 unspecified atom stereocenters. The predicted molar refractivity (Wildman–Crippen MR) is 93.3 cm³/mol. The number of ether oxygens (including phenoxy) is 1. The van der Waals surface area contributed by atoms with Gasteiger partial charge in [-0.2, -0.15) is 10.2 Å². The number of esters is 1. The summed E-state index contributed by atoms with van der Waals surface area (Å²) in [7, 11) is 3.70. The molecule has 4 rings (SSSR count). The average molecular weight is 351 g/mol. The van der Waals surface area contributed by atoms with E-state index in [0.29, 0.717) is 11.3 Å². The maximum atomic E-state index is 12.3. The van der Waals surface area contributed by atoms with Gasteiger partial charge in [0.1, 0.15) is 6.33 Å². The van der Waals surface area contributed by atoms with Crippen molar-refractivity contribution in [3.63, 3.8) is 0 Å². The largest absolute Gasteiger partial charge is 0.461 e. The van der Waals surface area contributed by atoms with Crippen LogP contribution in [0.4, 0.5) is 0 Å². The van der Waals surface area contributed by atoms with Gasteiger partial charge in [-0.15, -0.1) is 0 Å². The molecule has 0 fully saturated rings. The van der Waals surface area contributed by atoms with Crippen molar-refractivity contribution in [2.75, 3.05) is 6.61 Å². The van der Waals surface area contributed by atoms with Crippen molar-refractivity contribution in [1.82, 2.24) is 33.9 Å². The Morgan fingerprint density at radius 3 is 2.38 bits per heavy atom. The summed E-state index contributed by atoms with van der Waals surface area (Å²) < 4.78 is 10.4. The summed E-state index contributed by atoms with van der Waals surface area (Å²) in [6.45, 7) is 2.03. The minimum atomic E-state index is -0.499. The molecule has 9 heteroatoms. The highest BCUT2D eigenvalue weighted by atomic mass is 16.5. The maximum absolute atomic E-state index is 12.3. The van der Waals surface area contributed by atoms with Crippen LogP contribution < -0.4 is 0 Å². The first-order valence-corrected chi connectivity index (χ1v) is 8.12. The Morgan fingerprint density at radius 1 is 1.08 bits per heavy atom. The quantitative estimate of drug-likeness (QED) is 0.520. The monoisotopic (exact) mass is 351 g/mol. The smallest absolute Gasteiger partial charge is 0.360 e. The van der Waals surface area contributed by atoms with Crippen molar-refractivity contribution >= 4 is 11.6 Å². The molecule has 4 aromatic rings. The lowest BCUT2D eigenvalue weighted by atomic mass is 10.2. The van der Waals surface area contributed by atoms with Gasteiger partial charge in [0.25, 0.3) is 0 Å². The minimum Gasteiger partial charge on any atom is -0.461 e. The van der Waals surface area contributed by atoms with E-state index >= 15 is 0 Å². The van der Waals surface area contributed by atoms with Crippen LogP contribution in [0.5, 0.6) is 0 Å². The Balaban J connectivity index is 2.02. The fourth-order valence-corrected chi connectivity index (χ4v) is 2.89. The number of fused-ring (bicyclic) bond motifs is 1. The molecule has 0 aromatic carbocycles. The van der Waals surface area contributed by atoms with E-state index in [4.69, 9.17) is 4.74 Å². The Hall–Kier alpha value is -3.49. The summed E-state index contributed by atoms with van der Waals surface area (Å²) in [5.41, 5.74) is 3.80. The highest BCUT2D eigenvalue weighted by molar-refractivity contribution is 5.94. The van der Waals surface area contributed by atoms with E-state index in [2.05, 4.69) is 20.2 Å². The number of rotatable bonds is 4. The lowest BCUT2D eigenvalue weighted by molar-refractivity contribution is 0.0522. The summed E-state index contributed by atoms with van der Waals surface area (Å²) in [6.07, 6.45) is 4.99. The molecule has 0 aliphatic carbocycles. The zero-order valence-corrected chi connectivity index (χ0v) is 14.6. The van der Waals surface area contributed by atoms with Crippen LogP contribution in [-0.4, -0.2) is 46.5 Å². The number of hydrogen-bond donors (Lipinski definition) is 0. The number of aromatic nitrogens is 7. The number of nitrogens with zero attached hydrogens (tertiary/aromatic N) is 7. The molecule has 0 aliphatic heterocycles. The van der Waals surface area contributed by atoms with Crippen molar-refractivity contribution < 1.29 is 9.53 Å². The zero-order valence-electron chi connectivity index (χ0n) is 14.6. The normalized spacial score (nSPS) is 11.2. The second kappa shape index (κ2) is 6.10. The topological polar surface area (TPSA) is 92.1 Å². The summed E-state index contributed by atoms with van der Waals surface area (Å²) in [4.78, 5) is 21.2. The standard InChI is InChI=1S/C17H17N7O2/c1-4-26-17(25)15-16-21-11(12-5-7-19-22(12)2)9-14(24(16)10-18-15)13-6-8-20-23(13)3/h5-10H,4H2,1-3H3. The van der Waals surface area contributed by atoms with E-state index < -0.39 is 5.97 Å². The molecular weight excluding hydrogens is 334 g/mol. The Morgan fingerprint density at radius 2 is 1.77 bits per heavy atom. The van der Waals surface area contributed by atoms with E-state index in [9.17, 15) is 4.79 Å². The van der Waals surface area contributed by atoms with Crippen LogP contribution in [0.3, 0.4) is 0 Å². The maximum Gasteiger partial charge on any atom is 0.360 e. The Bertz CT molecular complexity index is 1110. The molecule has 0 N–H and O–H groups in total. The van der Waals surface area contributed by atoms with E-state index in [-0.39, 0.29) is 12.3 Å². The average Bonchev–Trinajstić information content (AvgIpc) is 3.33. The Kier molecular flexibility index (Phi) is 3.76. The van der Waals surface area contributed by atoms with Crippen LogP contribution in [0.1, 0.15) is 17.4 Å². The molecule has 0 saturated carbocycles. The minimum absolute atomic E-state index is 0.180. The lowest BCUT2D eigenvalue weighted by Gasteiger charge is -2.10. The first-order chi connectivity index (χ1) is 12.6. The third-order valence-electron chi connectivity index (χ3n) is 4.14. The molecule has 0 saturated heterocycles. The third-order valence-corrected chi connectivity index (χ3v) is 4.14. The van der Waals surface area contributed by atoms with Crippen molar-refractivity contribution in [2.45, 2.75) is 6.92 Å². The summed E-state index contributed by atoms with van der Waals surface area (Å²) in [5.74, 6) is -0.499. The van der Waals surface area contributed by atoms with Gasteiger partial charge in [0.2, 0.25) is 0 Å². The fourth-order valence-electron chi connectivity index (χ4n) is 2.89. The van der Waals surface area contributed by atoms with Gasteiger partial charge in [0.15, 0.2) is 11.3 Å².